The molecule has 1 heterocycles. The normalized spacial score (nSPS) is 14.8. The topological polar surface area (TPSA) is 94.1 Å². The molecule has 160 valence electrons. The van der Waals surface area contributed by atoms with Gasteiger partial charge in [0.15, 0.2) is 11.5 Å². The maximum Gasteiger partial charge on any atom is 0.324 e. The van der Waals surface area contributed by atoms with E-state index >= 15 is 0 Å². The van der Waals surface area contributed by atoms with E-state index in [9.17, 15) is 14.7 Å². The van der Waals surface area contributed by atoms with Crippen molar-refractivity contribution in [1.29, 1.82) is 0 Å². The van der Waals surface area contributed by atoms with Gasteiger partial charge in [0.05, 0.1) is 0 Å². The molecule has 0 amide bonds. The summed E-state index contributed by atoms with van der Waals surface area (Å²) < 4.78 is 16.2. The lowest BCUT2D eigenvalue weighted by atomic mass is 10.0. The van der Waals surface area contributed by atoms with Gasteiger partial charge in [0.1, 0.15) is 17.7 Å². The van der Waals surface area contributed by atoms with Gasteiger partial charge in [-0.3, -0.25) is 14.9 Å². The number of aliphatic carboxylic acids is 1. The molecule has 0 aliphatic carbocycles. The molecule has 1 unspecified atom stereocenters. The fraction of sp³-hybridized carbons (Fsp3) is 0.391. The van der Waals surface area contributed by atoms with E-state index in [2.05, 4.69) is 5.32 Å². The molecule has 0 fully saturated rings. The van der Waals surface area contributed by atoms with Gasteiger partial charge in [-0.1, -0.05) is 36.4 Å². The first-order valence-electron chi connectivity index (χ1n) is 9.85. The van der Waals surface area contributed by atoms with Gasteiger partial charge in [-0.15, -0.1) is 0 Å². The summed E-state index contributed by atoms with van der Waals surface area (Å²) in [6, 6.07) is 13.0. The molecular formula is C23H27NO6. The zero-order valence-corrected chi connectivity index (χ0v) is 17.4. The van der Waals surface area contributed by atoms with E-state index in [4.69, 9.17) is 14.2 Å². The first-order valence-corrected chi connectivity index (χ1v) is 9.85. The van der Waals surface area contributed by atoms with Crippen LogP contribution in [0.25, 0.3) is 0 Å². The summed E-state index contributed by atoms with van der Waals surface area (Å²) >= 11 is 0. The van der Waals surface area contributed by atoms with Crippen molar-refractivity contribution in [3.63, 3.8) is 0 Å². The number of fused-ring (bicyclic) bond motifs is 1. The molecule has 0 radical (unpaired) electrons. The molecular weight excluding hydrogens is 386 g/mol. The second-order valence-corrected chi connectivity index (χ2v) is 8.23. The molecule has 0 saturated heterocycles. The molecule has 0 aromatic heterocycles. The van der Waals surface area contributed by atoms with Crippen molar-refractivity contribution >= 4 is 11.9 Å². The average Bonchev–Trinajstić information content (AvgIpc) is 3.14. The molecule has 0 spiro atoms. The van der Waals surface area contributed by atoms with Crippen LogP contribution in [0.2, 0.25) is 0 Å². The standard InChI is InChI=1S/C23H27NO6/c1-23(2,3)30-22(27)18(11-15-7-5-4-6-8-15)24-17(21(25)26)12-16-9-10-19-20(13-16)29-14-28-19/h4-10,13,17-18,24H,11-12,14H2,1-3H3,(H,25,26)/t17-,18?/m0/s1. The lowest BCUT2D eigenvalue weighted by molar-refractivity contribution is -0.158. The van der Waals surface area contributed by atoms with Gasteiger partial charge in [0.2, 0.25) is 6.79 Å². The van der Waals surface area contributed by atoms with Crippen molar-refractivity contribution in [2.45, 2.75) is 51.3 Å². The minimum atomic E-state index is -1.05. The fourth-order valence-electron chi connectivity index (χ4n) is 3.20. The van der Waals surface area contributed by atoms with Gasteiger partial charge in [0.25, 0.3) is 0 Å². The maximum absolute atomic E-state index is 12.8. The van der Waals surface area contributed by atoms with Crippen LogP contribution in [0.4, 0.5) is 0 Å². The van der Waals surface area contributed by atoms with Gasteiger partial charge in [-0.2, -0.15) is 0 Å². The van der Waals surface area contributed by atoms with Gasteiger partial charge in [-0.05, 0) is 56.9 Å². The third-order valence-corrected chi connectivity index (χ3v) is 4.55. The third kappa shape index (κ3) is 5.97. The van der Waals surface area contributed by atoms with Crippen LogP contribution in [-0.2, 0) is 27.2 Å². The minimum absolute atomic E-state index is 0.150. The fourth-order valence-corrected chi connectivity index (χ4v) is 3.20. The van der Waals surface area contributed by atoms with Gasteiger partial charge >= 0.3 is 11.9 Å². The zero-order chi connectivity index (χ0) is 21.7. The molecule has 2 atom stereocenters. The molecule has 1 aliphatic rings. The van der Waals surface area contributed by atoms with Crippen LogP contribution in [0.1, 0.15) is 31.9 Å². The molecule has 2 aromatic carbocycles. The number of carboxylic acids is 1. The molecule has 0 bridgehead atoms. The van der Waals surface area contributed by atoms with Crippen LogP contribution in [0, 0.1) is 0 Å². The van der Waals surface area contributed by atoms with Crippen LogP contribution in [0.15, 0.2) is 48.5 Å². The number of carbonyl (C=O) groups excluding carboxylic acids is 1. The summed E-state index contributed by atoms with van der Waals surface area (Å²) in [5.41, 5.74) is 0.999. The molecule has 7 heteroatoms. The largest absolute Gasteiger partial charge is 0.480 e. The Labute approximate surface area is 176 Å². The van der Waals surface area contributed by atoms with Crippen molar-refractivity contribution in [3.05, 3.63) is 59.7 Å². The highest BCUT2D eigenvalue weighted by Crippen LogP contribution is 2.32. The predicted molar refractivity (Wildman–Crippen MR) is 111 cm³/mol. The Morgan fingerprint density at radius 3 is 2.33 bits per heavy atom. The SMILES string of the molecule is CC(C)(C)OC(=O)C(Cc1ccccc1)N[C@@H](Cc1ccc2c(c1)OCO2)C(=O)O. The van der Waals surface area contributed by atoms with E-state index in [1.54, 1.807) is 39.0 Å². The summed E-state index contributed by atoms with van der Waals surface area (Å²) in [6.07, 6.45) is 0.501. The molecule has 7 nitrogen and oxygen atoms in total. The summed E-state index contributed by atoms with van der Waals surface area (Å²) in [4.78, 5) is 24.8. The molecule has 30 heavy (non-hydrogen) atoms. The smallest absolute Gasteiger partial charge is 0.324 e. The highest BCUT2D eigenvalue weighted by atomic mass is 16.7. The van der Waals surface area contributed by atoms with E-state index in [-0.39, 0.29) is 13.2 Å². The maximum atomic E-state index is 12.8. The van der Waals surface area contributed by atoms with E-state index in [0.717, 1.165) is 11.1 Å². The summed E-state index contributed by atoms with van der Waals surface area (Å²) in [5, 5.41) is 12.8. The average molecular weight is 413 g/mol. The predicted octanol–water partition coefficient (Wildman–Crippen LogP) is 2.95. The third-order valence-electron chi connectivity index (χ3n) is 4.55. The van der Waals surface area contributed by atoms with Crippen molar-refractivity contribution < 1.29 is 28.9 Å². The van der Waals surface area contributed by atoms with Crippen molar-refractivity contribution in [3.8, 4) is 11.5 Å². The number of esters is 1. The second kappa shape index (κ2) is 9.17. The number of ether oxygens (including phenoxy) is 3. The number of carboxylic acid groups (broad SMARTS) is 1. The van der Waals surface area contributed by atoms with Crippen LogP contribution in [0.3, 0.4) is 0 Å². The Hall–Kier alpha value is -3.06. The van der Waals surface area contributed by atoms with E-state index in [1.807, 2.05) is 30.3 Å². The Morgan fingerprint density at radius 1 is 1.00 bits per heavy atom. The number of carbonyl (C=O) groups is 2. The second-order valence-electron chi connectivity index (χ2n) is 8.23. The van der Waals surface area contributed by atoms with Crippen LogP contribution >= 0.6 is 0 Å². The Balaban J connectivity index is 1.78. The Bertz CT molecular complexity index is 890. The van der Waals surface area contributed by atoms with Gasteiger partial charge in [-0.25, -0.2) is 0 Å². The molecule has 2 N–H and O–H groups in total. The van der Waals surface area contributed by atoms with E-state index in [1.165, 1.54) is 0 Å². The number of hydrogen-bond donors (Lipinski definition) is 2. The summed E-state index contributed by atoms with van der Waals surface area (Å²) in [6.45, 7) is 5.50. The highest BCUT2D eigenvalue weighted by Gasteiger charge is 2.30. The van der Waals surface area contributed by atoms with E-state index < -0.39 is 29.6 Å². The Morgan fingerprint density at radius 2 is 1.67 bits per heavy atom. The molecule has 3 rings (SSSR count). The monoisotopic (exact) mass is 413 g/mol. The molecule has 2 aromatic rings. The van der Waals surface area contributed by atoms with Crippen LogP contribution < -0.4 is 14.8 Å². The number of rotatable bonds is 8. The zero-order valence-electron chi connectivity index (χ0n) is 17.4. The van der Waals surface area contributed by atoms with Crippen molar-refractivity contribution in [2.24, 2.45) is 0 Å². The number of hydrogen-bond acceptors (Lipinski definition) is 6. The highest BCUT2D eigenvalue weighted by molar-refractivity contribution is 5.79. The van der Waals surface area contributed by atoms with Gasteiger partial charge < -0.3 is 19.3 Å². The van der Waals surface area contributed by atoms with Crippen LogP contribution in [-0.4, -0.2) is 41.5 Å². The van der Waals surface area contributed by atoms with Crippen LogP contribution in [0.5, 0.6) is 11.5 Å². The minimum Gasteiger partial charge on any atom is -0.480 e. The quantitative estimate of drug-likeness (QED) is 0.643. The first kappa shape index (κ1) is 21.6. The Kier molecular flexibility index (Phi) is 6.62. The number of benzene rings is 2. The van der Waals surface area contributed by atoms with Crippen molar-refractivity contribution in [2.75, 3.05) is 6.79 Å². The van der Waals surface area contributed by atoms with Crippen molar-refractivity contribution in [1.82, 2.24) is 5.32 Å². The molecule has 1 aliphatic heterocycles. The lowest BCUT2D eigenvalue weighted by Gasteiger charge is -2.27. The molecule has 0 saturated carbocycles. The van der Waals surface area contributed by atoms with E-state index in [0.29, 0.717) is 17.9 Å². The first-order chi connectivity index (χ1) is 14.2. The lowest BCUT2D eigenvalue weighted by Crippen LogP contribution is -2.51. The van der Waals surface area contributed by atoms with Gasteiger partial charge in [0, 0.05) is 0 Å². The number of nitrogens with one attached hydrogen (secondary N) is 1. The summed E-state index contributed by atoms with van der Waals surface area (Å²) in [7, 11) is 0. The summed E-state index contributed by atoms with van der Waals surface area (Å²) in [5.74, 6) is -0.309.